The largest absolute Gasteiger partial charge is 0.322 e. The average molecular weight is 414 g/mol. The van der Waals surface area contributed by atoms with Crippen molar-refractivity contribution in [3.8, 4) is 0 Å². The van der Waals surface area contributed by atoms with Crippen molar-refractivity contribution >= 4 is 40.1 Å². The van der Waals surface area contributed by atoms with Crippen LogP contribution < -0.4 is 10.6 Å². The van der Waals surface area contributed by atoms with Crippen LogP contribution in [0.25, 0.3) is 10.8 Å². The van der Waals surface area contributed by atoms with Gasteiger partial charge in [-0.3, -0.25) is 29.5 Å². The second kappa shape index (κ2) is 7.32. The van der Waals surface area contributed by atoms with Crippen molar-refractivity contribution in [1.82, 2.24) is 15.2 Å². The minimum atomic E-state index is -0.668. The van der Waals surface area contributed by atoms with Crippen LogP contribution in [0.3, 0.4) is 0 Å². The van der Waals surface area contributed by atoms with Crippen LogP contribution in [0.2, 0.25) is 0 Å². The summed E-state index contributed by atoms with van der Waals surface area (Å²) < 4.78 is 0. The van der Waals surface area contributed by atoms with Gasteiger partial charge in [-0.1, -0.05) is 18.2 Å². The first-order valence-corrected chi connectivity index (χ1v) is 9.93. The van der Waals surface area contributed by atoms with Crippen molar-refractivity contribution in [1.29, 1.82) is 0 Å². The fraction of sp³-hybridized carbons (Fsp3) is 0.174. The number of hydrogen-bond acceptors (Lipinski definition) is 5. The predicted octanol–water partition coefficient (Wildman–Crippen LogP) is 2.25. The molecule has 2 aromatic carbocycles. The first-order valence-electron chi connectivity index (χ1n) is 9.93. The highest BCUT2D eigenvalue weighted by molar-refractivity contribution is 6.13. The molecule has 31 heavy (non-hydrogen) atoms. The Kier molecular flexibility index (Phi) is 4.47. The van der Waals surface area contributed by atoms with Crippen molar-refractivity contribution < 1.29 is 19.2 Å². The summed E-state index contributed by atoms with van der Waals surface area (Å²) in [6.07, 6.45) is 3.83. The minimum Gasteiger partial charge on any atom is -0.322 e. The van der Waals surface area contributed by atoms with Crippen LogP contribution in [0.15, 0.2) is 54.9 Å². The van der Waals surface area contributed by atoms with Gasteiger partial charge in [-0.05, 0) is 41.6 Å². The minimum absolute atomic E-state index is 0.206. The highest BCUT2D eigenvalue weighted by Gasteiger charge is 2.39. The van der Waals surface area contributed by atoms with Crippen LogP contribution >= 0.6 is 0 Å². The van der Waals surface area contributed by atoms with Crippen LogP contribution in [-0.4, -0.2) is 39.6 Å². The molecule has 3 aromatic rings. The third-order valence-corrected chi connectivity index (χ3v) is 5.71. The van der Waals surface area contributed by atoms with Gasteiger partial charge in [-0.25, -0.2) is 0 Å². The number of anilines is 1. The van der Waals surface area contributed by atoms with Gasteiger partial charge in [0.2, 0.25) is 11.8 Å². The summed E-state index contributed by atoms with van der Waals surface area (Å²) in [6.45, 7) is 0.295. The molecular weight excluding hydrogens is 396 g/mol. The van der Waals surface area contributed by atoms with E-state index in [0.717, 1.165) is 16.3 Å². The van der Waals surface area contributed by atoms with Crippen LogP contribution in [0.4, 0.5) is 5.69 Å². The molecule has 0 spiro atoms. The smallest absolute Gasteiger partial charge is 0.256 e. The van der Waals surface area contributed by atoms with Crippen molar-refractivity contribution in [3.05, 3.63) is 71.5 Å². The van der Waals surface area contributed by atoms with Gasteiger partial charge in [0.05, 0.1) is 0 Å². The zero-order valence-corrected chi connectivity index (χ0v) is 16.4. The molecule has 4 amide bonds. The maximum atomic E-state index is 12.9. The highest BCUT2D eigenvalue weighted by Crippen LogP contribution is 2.30. The third-order valence-electron chi connectivity index (χ3n) is 5.71. The molecular formula is C23H18N4O4. The molecule has 8 heteroatoms. The van der Waals surface area contributed by atoms with E-state index in [9.17, 15) is 19.2 Å². The van der Waals surface area contributed by atoms with E-state index in [1.807, 2.05) is 12.1 Å². The molecule has 1 atom stereocenters. The highest BCUT2D eigenvalue weighted by atomic mass is 16.2. The number of nitrogens with zero attached hydrogens (tertiary/aromatic N) is 2. The van der Waals surface area contributed by atoms with Gasteiger partial charge in [0.1, 0.15) is 6.04 Å². The van der Waals surface area contributed by atoms with E-state index >= 15 is 0 Å². The van der Waals surface area contributed by atoms with E-state index in [4.69, 9.17) is 0 Å². The Labute approximate surface area is 177 Å². The Morgan fingerprint density at radius 1 is 1.13 bits per heavy atom. The number of hydrogen-bond donors (Lipinski definition) is 2. The molecule has 2 N–H and O–H groups in total. The summed E-state index contributed by atoms with van der Waals surface area (Å²) in [7, 11) is 0. The Morgan fingerprint density at radius 2 is 2.00 bits per heavy atom. The van der Waals surface area contributed by atoms with E-state index in [0.29, 0.717) is 29.8 Å². The molecule has 5 rings (SSSR count). The topological polar surface area (TPSA) is 108 Å². The van der Waals surface area contributed by atoms with E-state index in [1.54, 1.807) is 42.7 Å². The molecule has 0 radical (unpaired) electrons. The van der Waals surface area contributed by atoms with Crippen LogP contribution in [0.5, 0.6) is 0 Å². The van der Waals surface area contributed by atoms with Crippen molar-refractivity contribution in [3.63, 3.8) is 0 Å². The van der Waals surface area contributed by atoms with E-state index < -0.39 is 11.9 Å². The maximum absolute atomic E-state index is 12.9. The number of benzene rings is 2. The average Bonchev–Trinajstić information content (AvgIpc) is 3.09. The molecule has 0 bridgehead atoms. The monoisotopic (exact) mass is 414 g/mol. The maximum Gasteiger partial charge on any atom is 0.256 e. The lowest BCUT2D eigenvalue weighted by Crippen LogP contribution is -2.52. The van der Waals surface area contributed by atoms with Crippen molar-refractivity contribution in [2.75, 3.05) is 5.32 Å². The Morgan fingerprint density at radius 3 is 2.84 bits per heavy atom. The number of aromatic nitrogens is 1. The van der Waals surface area contributed by atoms with Gasteiger partial charge >= 0.3 is 0 Å². The van der Waals surface area contributed by atoms with Gasteiger partial charge in [-0.15, -0.1) is 0 Å². The molecule has 1 fully saturated rings. The molecule has 8 nitrogen and oxygen atoms in total. The predicted molar refractivity (Wildman–Crippen MR) is 112 cm³/mol. The molecule has 0 aliphatic carbocycles. The van der Waals surface area contributed by atoms with Gasteiger partial charge in [0.25, 0.3) is 11.8 Å². The lowest BCUT2D eigenvalue weighted by Gasteiger charge is -2.29. The van der Waals surface area contributed by atoms with E-state index in [-0.39, 0.29) is 24.1 Å². The normalized spacial score (nSPS) is 18.1. The van der Waals surface area contributed by atoms with E-state index in [2.05, 4.69) is 15.6 Å². The quantitative estimate of drug-likeness (QED) is 0.639. The number of amides is 4. The molecule has 1 unspecified atom stereocenters. The number of imide groups is 1. The Balaban J connectivity index is 1.38. The summed E-state index contributed by atoms with van der Waals surface area (Å²) in [4.78, 5) is 55.0. The molecule has 0 saturated carbocycles. The summed E-state index contributed by atoms with van der Waals surface area (Å²) in [5.74, 6) is -1.35. The number of nitrogens with one attached hydrogen (secondary N) is 2. The Bertz CT molecular complexity index is 1260. The van der Waals surface area contributed by atoms with Gasteiger partial charge in [-0.2, -0.15) is 0 Å². The second-order valence-corrected chi connectivity index (χ2v) is 7.63. The fourth-order valence-corrected chi connectivity index (χ4v) is 4.14. The molecule has 154 valence electrons. The number of piperidine rings is 1. The second-order valence-electron chi connectivity index (χ2n) is 7.63. The first kappa shape index (κ1) is 18.9. The van der Waals surface area contributed by atoms with Gasteiger partial charge in [0, 0.05) is 47.6 Å². The van der Waals surface area contributed by atoms with Gasteiger partial charge < -0.3 is 10.2 Å². The van der Waals surface area contributed by atoms with Crippen molar-refractivity contribution in [2.45, 2.75) is 25.4 Å². The van der Waals surface area contributed by atoms with E-state index in [1.165, 1.54) is 4.90 Å². The standard InChI is InChI=1S/C23H18N4O4/c28-20-7-6-19(22(30)26-20)27-12-14-4-5-15(10-17(14)23(27)31)25-21(29)16-3-1-2-13-8-9-24-11-18(13)16/h1-5,8-11,19H,6-7,12H2,(H,25,29)(H,26,28,30). The number of rotatable bonds is 3. The Hall–Kier alpha value is -4.07. The van der Waals surface area contributed by atoms with Gasteiger partial charge in [0.15, 0.2) is 0 Å². The summed E-state index contributed by atoms with van der Waals surface area (Å²) in [6, 6.07) is 11.8. The summed E-state index contributed by atoms with van der Waals surface area (Å²) >= 11 is 0. The van der Waals surface area contributed by atoms with Crippen LogP contribution in [0, 0.1) is 0 Å². The summed E-state index contributed by atoms with van der Waals surface area (Å²) in [5, 5.41) is 6.79. The summed E-state index contributed by atoms with van der Waals surface area (Å²) in [5.41, 5.74) is 2.20. The number of carbonyl (C=O) groups excluding carboxylic acids is 4. The van der Waals surface area contributed by atoms with Crippen LogP contribution in [0.1, 0.15) is 39.1 Å². The zero-order chi connectivity index (χ0) is 21.5. The first-order chi connectivity index (χ1) is 15.0. The number of carbonyl (C=O) groups is 4. The molecule has 3 heterocycles. The number of fused-ring (bicyclic) bond motifs is 2. The molecule has 2 aliphatic rings. The molecule has 2 aliphatic heterocycles. The van der Waals surface area contributed by atoms with Crippen molar-refractivity contribution in [2.24, 2.45) is 0 Å². The van der Waals surface area contributed by atoms with Crippen LogP contribution in [-0.2, 0) is 16.1 Å². The lowest BCUT2D eigenvalue weighted by molar-refractivity contribution is -0.136. The SMILES string of the molecule is O=C1CCC(N2Cc3ccc(NC(=O)c4cccc5ccncc45)cc3C2=O)C(=O)N1. The lowest BCUT2D eigenvalue weighted by atomic mass is 10.0. The number of pyridine rings is 1. The fourth-order valence-electron chi connectivity index (χ4n) is 4.14. The molecule has 1 saturated heterocycles. The third kappa shape index (κ3) is 3.31. The molecule has 1 aromatic heterocycles. The zero-order valence-electron chi connectivity index (χ0n) is 16.4.